The van der Waals surface area contributed by atoms with Crippen molar-refractivity contribution >= 4 is 29.2 Å². The van der Waals surface area contributed by atoms with Crippen LogP contribution in [0.4, 0.5) is 28.0 Å². The Kier molecular flexibility index (Phi) is 6.57. The first-order chi connectivity index (χ1) is 16.9. The average Bonchev–Trinajstić information content (AvgIpc) is 2.79. The second-order valence-corrected chi connectivity index (χ2v) is 9.14. The number of benzene rings is 3. The highest BCUT2D eigenvalue weighted by Crippen LogP contribution is 2.38. The lowest BCUT2D eigenvalue weighted by Gasteiger charge is -2.40. The molecule has 3 N–H and O–H groups in total. The van der Waals surface area contributed by atoms with Crippen LogP contribution in [0.15, 0.2) is 42.5 Å². The van der Waals surface area contributed by atoms with Crippen molar-refractivity contribution < 1.29 is 32.3 Å². The molecule has 3 aromatic carbocycles. The van der Waals surface area contributed by atoms with Crippen LogP contribution in [0.1, 0.15) is 40.9 Å². The van der Waals surface area contributed by atoms with Gasteiger partial charge in [-0.15, -0.1) is 0 Å². The molecule has 0 saturated heterocycles. The maximum Gasteiger partial charge on any atom is 0.322 e. The van der Waals surface area contributed by atoms with Crippen molar-refractivity contribution in [2.75, 3.05) is 4.90 Å². The van der Waals surface area contributed by atoms with E-state index in [4.69, 9.17) is 11.6 Å². The second-order valence-electron chi connectivity index (χ2n) is 8.76. The summed E-state index contributed by atoms with van der Waals surface area (Å²) in [4.78, 5) is 26.9. The third kappa shape index (κ3) is 4.68. The fourth-order valence-corrected chi connectivity index (χ4v) is 4.21. The van der Waals surface area contributed by atoms with Crippen LogP contribution in [0.5, 0.6) is 5.75 Å². The molecular weight excluding hydrogens is 502 g/mol. The predicted molar refractivity (Wildman–Crippen MR) is 125 cm³/mol. The summed E-state index contributed by atoms with van der Waals surface area (Å²) in [6, 6.07) is 6.96. The molecule has 0 fully saturated rings. The number of amides is 3. The van der Waals surface area contributed by atoms with Crippen LogP contribution < -0.4 is 15.5 Å². The standard InChI is InChI=1S/C25H20ClF4N3O3/c1-25(2)16-4-3-12(23(35)31-10-14-18(29)8-13(27)9-19(14)30)7-20(16)33(24(36)32-25)11-15-17(28)5-6-21(34)22(15)26/h3-9,34H,10-11H2,1-2H3,(H,31,35)(H,32,36). The number of hydrogen-bond acceptors (Lipinski definition) is 3. The maximum atomic E-state index is 14.5. The van der Waals surface area contributed by atoms with E-state index in [1.54, 1.807) is 19.9 Å². The first-order valence-corrected chi connectivity index (χ1v) is 11.1. The number of hydrogen-bond donors (Lipinski definition) is 3. The Balaban J connectivity index is 1.67. The summed E-state index contributed by atoms with van der Waals surface area (Å²) in [6.45, 7) is 2.57. The van der Waals surface area contributed by atoms with Crippen molar-refractivity contribution in [3.63, 3.8) is 0 Å². The van der Waals surface area contributed by atoms with Gasteiger partial charge in [-0.3, -0.25) is 9.69 Å². The van der Waals surface area contributed by atoms with E-state index in [-0.39, 0.29) is 34.1 Å². The second kappa shape index (κ2) is 9.34. The van der Waals surface area contributed by atoms with Gasteiger partial charge >= 0.3 is 6.03 Å². The molecule has 1 aliphatic heterocycles. The lowest BCUT2D eigenvalue weighted by Crippen LogP contribution is -2.53. The summed E-state index contributed by atoms with van der Waals surface area (Å²) < 4.78 is 55.5. The molecule has 1 heterocycles. The first kappa shape index (κ1) is 25.3. The smallest absolute Gasteiger partial charge is 0.322 e. The molecule has 0 unspecified atom stereocenters. The monoisotopic (exact) mass is 521 g/mol. The van der Waals surface area contributed by atoms with Gasteiger partial charge in [0.15, 0.2) is 0 Å². The van der Waals surface area contributed by atoms with E-state index in [2.05, 4.69) is 10.6 Å². The zero-order valence-electron chi connectivity index (χ0n) is 19.1. The van der Waals surface area contributed by atoms with E-state index < -0.39 is 52.9 Å². The van der Waals surface area contributed by atoms with E-state index in [0.29, 0.717) is 17.7 Å². The number of carbonyl (C=O) groups is 2. The van der Waals surface area contributed by atoms with Crippen LogP contribution in [0, 0.1) is 23.3 Å². The molecule has 0 spiro atoms. The van der Waals surface area contributed by atoms with Crippen LogP contribution in [0.3, 0.4) is 0 Å². The Bertz CT molecular complexity index is 1370. The molecule has 3 aromatic rings. The number of fused-ring (bicyclic) bond motifs is 1. The molecule has 6 nitrogen and oxygen atoms in total. The lowest BCUT2D eigenvalue weighted by molar-refractivity contribution is 0.0950. The summed E-state index contributed by atoms with van der Waals surface area (Å²) in [5.41, 5.74) is -0.567. The largest absolute Gasteiger partial charge is 0.506 e. The molecule has 188 valence electrons. The van der Waals surface area contributed by atoms with Crippen molar-refractivity contribution in [3.05, 3.63) is 93.0 Å². The van der Waals surface area contributed by atoms with Gasteiger partial charge in [0.1, 0.15) is 29.0 Å². The summed E-state index contributed by atoms with van der Waals surface area (Å²) >= 11 is 6.07. The number of nitrogens with zero attached hydrogens (tertiary/aromatic N) is 1. The number of aromatic hydroxyl groups is 1. The molecule has 4 rings (SSSR count). The summed E-state index contributed by atoms with van der Waals surface area (Å²) in [7, 11) is 0. The van der Waals surface area contributed by atoms with Gasteiger partial charge in [-0.05, 0) is 38.1 Å². The SMILES string of the molecule is CC1(C)NC(=O)N(Cc2c(F)ccc(O)c2Cl)c2cc(C(=O)NCc3c(F)cc(F)cc3F)ccc21. The van der Waals surface area contributed by atoms with Crippen molar-refractivity contribution in [1.29, 1.82) is 0 Å². The van der Waals surface area contributed by atoms with Gasteiger partial charge in [0.05, 0.1) is 22.8 Å². The van der Waals surface area contributed by atoms with E-state index in [1.165, 1.54) is 17.0 Å². The molecule has 11 heteroatoms. The van der Waals surface area contributed by atoms with Crippen LogP contribution in [0.25, 0.3) is 0 Å². The van der Waals surface area contributed by atoms with Crippen LogP contribution in [0.2, 0.25) is 5.02 Å². The van der Waals surface area contributed by atoms with Gasteiger partial charge in [-0.1, -0.05) is 17.7 Å². The van der Waals surface area contributed by atoms with Gasteiger partial charge in [-0.2, -0.15) is 0 Å². The third-order valence-electron chi connectivity index (χ3n) is 5.90. The summed E-state index contributed by atoms with van der Waals surface area (Å²) in [6.07, 6.45) is 0. The molecule has 0 saturated carbocycles. The Morgan fingerprint density at radius 3 is 2.36 bits per heavy atom. The average molecular weight is 522 g/mol. The number of carbonyl (C=O) groups excluding carboxylic acids is 2. The maximum absolute atomic E-state index is 14.5. The van der Waals surface area contributed by atoms with Gasteiger partial charge in [0.25, 0.3) is 5.91 Å². The first-order valence-electron chi connectivity index (χ1n) is 10.7. The van der Waals surface area contributed by atoms with Crippen molar-refractivity contribution in [3.8, 4) is 5.75 Å². The van der Waals surface area contributed by atoms with E-state index in [0.717, 1.165) is 12.1 Å². The quantitative estimate of drug-likeness (QED) is 0.388. The van der Waals surface area contributed by atoms with Crippen molar-refractivity contribution in [2.24, 2.45) is 0 Å². The molecule has 0 radical (unpaired) electrons. The lowest BCUT2D eigenvalue weighted by atomic mass is 9.89. The third-order valence-corrected chi connectivity index (χ3v) is 6.32. The predicted octanol–water partition coefficient (Wildman–Crippen LogP) is 5.50. The topological polar surface area (TPSA) is 81.7 Å². The fraction of sp³-hybridized carbons (Fsp3) is 0.200. The van der Waals surface area contributed by atoms with E-state index in [1.807, 2.05) is 0 Å². The van der Waals surface area contributed by atoms with Crippen molar-refractivity contribution in [1.82, 2.24) is 10.6 Å². The van der Waals surface area contributed by atoms with E-state index in [9.17, 15) is 32.3 Å². The molecule has 1 aliphatic rings. The molecule has 36 heavy (non-hydrogen) atoms. The number of rotatable bonds is 5. The zero-order chi connectivity index (χ0) is 26.4. The molecule has 3 amide bonds. The number of urea groups is 1. The Labute approximate surface area is 208 Å². The van der Waals surface area contributed by atoms with Crippen LogP contribution in [-0.4, -0.2) is 17.0 Å². The molecule has 0 atom stereocenters. The number of anilines is 1. The minimum Gasteiger partial charge on any atom is -0.506 e. The zero-order valence-corrected chi connectivity index (χ0v) is 19.8. The highest BCUT2D eigenvalue weighted by Gasteiger charge is 2.37. The molecule has 0 aliphatic carbocycles. The Hall–Kier alpha value is -3.79. The number of phenolic OH excluding ortho intramolecular Hbond substituents is 1. The molecular formula is C25H20ClF4N3O3. The van der Waals surface area contributed by atoms with Gasteiger partial charge in [0, 0.05) is 40.9 Å². The number of halogens is 5. The molecule has 0 aromatic heterocycles. The van der Waals surface area contributed by atoms with Crippen LogP contribution >= 0.6 is 11.6 Å². The van der Waals surface area contributed by atoms with Gasteiger partial charge in [-0.25, -0.2) is 22.4 Å². The number of nitrogens with one attached hydrogen (secondary N) is 2. The summed E-state index contributed by atoms with van der Waals surface area (Å²) in [5, 5.41) is 14.8. The summed E-state index contributed by atoms with van der Waals surface area (Å²) in [5.74, 6) is -5.19. The molecule has 0 bridgehead atoms. The van der Waals surface area contributed by atoms with Crippen molar-refractivity contribution in [2.45, 2.75) is 32.5 Å². The van der Waals surface area contributed by atoms with Crippen LogP contribution in [-0.2, 0) is 18.6 Å². The minimum atomic E-state index is -1.15. The fourth-order valence-electron chi connectivity index (χ4n) is 3.99. The Morgan fingerprint density at radius 2 is 1.69 bits per heavy atom. The highest BCUT2D eigenvalue weighted by molar-refractivity contribution is 6.32. The van der Waals surface area contributed by atoms with Gasteiger partial charge in [0.2, 0.25) is 0 Å². The minimum absolute atomic E-state index is 0.0506. The highest BCUT2D eigenvalue weighted by atomic mass is 35.5. The number of phenols is 1. The van der Waals surface area contributed by atoms with E-state index >= 15 is 0 Å². The normalized spacial score (nSPS) is 14.3. The Morgan fingerprint density at radius 1 is 1.03 bits per heavy atom. The van der Waals surface area contributed by atoms with Gasteiger partial charge < -0.3 is 15.7 Å².